The van der Waals surface area contributed by atoms with Gasteiger partial charge in [0.25, 0.3) is 0 Å². The van der Waals surface area contributed by atoms with Gasteiger partial charge in [-0.05, 0) is 26.0 Å². The van der Waals surface area contributed by atoms with Gasteiger partial charge in [-0.2, -0.15) is 0 Å². The first kappa shape index (κ1) is 11.2. The molecule has 0 aliphatic rings. The number of aromatic nitrogens is 1. The molecule has 1 amide bonds. The predicted octanol–water partition coefficient (Wildman–Crippen LogP) is 2.03. The van der Waals surface area contributed by atoms with Crippen LogP contribution in [-0.2, 0) is 4.79 Å². The standard InChI is InChI=1S/C11H15N3O/c1-4-11(15)14-10-7-12-6-5-9(10)13-8(2)3/h4-8H,1H2,2-3H3,(H,12,13)(H,14,15). The minimum absolute atomic E-state index is 0.241. The van der Waals surface area contributed by atoms with E-state index in [4.69, 9.17) is 0 Å². The highest BCUT2D eigenvalue weighted by Crippen LogP contribution is 2.20. The molecule has 2 N–H and O–H groups in total. The van der Waals surface area contributed by atoms with Crippen molar-refractivity contribution >= 4 is 17.3 Å². The summed E-state index contributed by atoms with van der Waals surface area (Å²) >= 11 is 0. The second-order valence-corrected chi connectivity index (χ2v) is 3.41. The Hall–Kier alpha value is -1.84. The summed E-state index contributed by atoms with van der Waals surface area (Å²) in [6.45, 7) is 7.45. The van der Waals surface area contributed by atoms with Crippen molar-refractivity contribution < 1.29 is 4.79 Å². The van der Waals surface area contributed by atoms with Gasteiger partial charge in [-0.3, -0.25) is 9.78 Å². The Morgan fingerprint density at radius 2 is 2.27 bits per heavy atom. The lowest BCUT2D eigenvalue weighted by Gasteiger charge is -2.14. The summed E-state index contributed by atoms with van der Waals surface area (Å²) in [5, 5.41) is 5.90. The Balaban J connectivity index is 2.85. The third kappa shape index (κ3) is 3.42. The Bertz CT molecular complexity index is 361. The van der Waals surface area contributed by atoms with Crippen LogP contribution < -0.4 is 10.6 Å². The molecule has 4 nitrogen and oxygen atoms in total. The summed E-state index contributed by atoms with van der Waals surface area (Å²) in [6, 6.07) is 2.12. The molecule has 0 atom stereocenters. The minimum Gasteiger partial charge on any atom is -0.381 e. The van der Waals surface area contributed by atoms with Gasteiger partial charge in [0.15, 0.2) is 0 Å². The van der Waals surface area contributed by atoms with Crippen molar-refractivity contribution in [2.24, 2.45) is 0 Å². The molecular formula is C11H15N3O. The molecule has 0 radical (unpaired) electrons. The van der Waals surface area contributed by atoms with E-state index in [-0.39, 0.29) is 5.91 Å². The lowest BCUT2D eigenvalue weighted by molar-refractivity contribution is -0.111. The summed E-state index contributed by atoms with van der Waals surface area (Å²) in [5.41, 5.74) is 1.52. The van der Waals surface area contributed by atoms with Gasteiger partial charge in [-0.1, -0.05) is 6.58 Å². The Labute approximate surface area is 89.4 Å². The van der Waals surface area contributed by atoms with Gasteiger partial charge < -0.3 is 10.6 Å². The number of carbonyl (C=O) groups excluding carboxylic acids is 1. The lowest BCUT2D eigenvalue weighted by Crippen LogP contribution is -2.14. The smallest absolute Gasteiger partial charge is 0.247 e. The van der Waals surface area contributed by atoms with Gasteiger partial charge in [-0.15, -0.1) is 0 Å². The molecule has 80 valence electrons. The molecule has 1 heterocycles. The average molecular weight is 205 g/mol. The van der Waals surface area contributed by atoms with Crippen LogP contribution in [0.4, 0.5) is 11.4 Å². The number of nitrogens with zero attached hydrogens (tertiary/aromatic N) is 1. The zero-order chi connectivity index (χ0) is 11.3. The van der Waals surface area contributed by atoms with Crippen LogP contribution in [-0.4, -0.2) is 16.9 Å². The fraction of sp³-hybridized carbons (Fsp3) is 0.273. The van der Waals surface area contributed by atoms with E-state index in [2.05, 4.69) is 22.2 Å². The molecular weight excluding hydrogens is 190 g/mol. The molecule has 0 bridgehead atoms. The van der Waals surface area contributed by atoms with Crippen LogP contribution in [0.2, 0.25) is 0 Å². The summed E-state index contributed by atoms with van der Waals surface area (Å²) < 4.78 is 0. The maximum absolute atomic E-state index is 11.1. The molecule has 0 saturated carbocycles. The summed E-state index contributed by atoms with van der Waals surface area (Å²) in [7, 11) is 0. The number of rotatable bonds is 4. The van der Waals surface area contributed by atoms with Gasteiger partial charge in [0.05, 0.1) is 17.6 Å². The summed E-state index contributed by atoms with van der Waals surface area (Å²) in [4.78, 5) is 15.1. The van der Waals surface area contributed by atoms with Crippen molar-refractivity contribution in [2.45, 2.75) is 19.9 Å². The van der Waals surface area contributed by atoms with E-state index in [0.29, 0.717) is 11.7 Å². The van der Waals surface area contributed by atoms with E-state index in [0.717, 1.165) is 5.69 Å². The monoisotopic (exact) mass is 205 g/mol. The second kappa shape index (κ2) is 5.14. The predicted molar refractivity (Wildman–Crippen MR) is 61.8 cm³/mol. The number of anilines is 2. The van der Waals surface area contributed by atoms with E-state index >= 15 is 0 Å². The average Bonchev–Trinajstić information content (AvgIpc) is 2.20. The minimum atomic E-state index is -0.241. The normalized spacial score (nSPS) is 9.80. The maximum Gasteiger partial charge on any atom is 0.247 e. The van der Waals surface area contributed by atoms with Crippen molar-refractivity contribution in [1.82, 2.24) is 4.98 Å². The van der Waals surface area contributed by atoms with Gasteiger partial charge in [0.2, 0.25) is 5.91 Å². The molecule has 1 aromatic rings. The Morgan fingerprint density at radius 3 is 2.87 bits per heavy atom. The summed E-state index contributed by atoms with van der Waals surface area (Å²) in [5.74, 6) is -0.241. The van der Waals surface area contributed by atoms with E-state index in [1.165, 1.54) is 6.08 Å². The number of amides is 1. The molecule has 0 saturated heterocycles. The van der Waals surface area contributed by atoms with Crippen molar-refractivity contribution in [3.8, 4) is 0 Å². The lowest BCUT2D eigenvalue weighted by atomic mass is 10.3. The molecule has 1 aromatic heterocycles. The van der Waals surface area contributed by atoms with E-state index in [9.17, 15) is 4.79 Å². The zero-order valence-electron chi connectivity index (χ0n) is 8.95. The number of carbonyl (C=O) groups is 1. The van der Waals surface area contributed by atoms with Crippen molar-refractivity contribution in [3.05, 3.63) is 31.1 Å². The van der Waals surface area contributed by atoms with Crippen LogP contribution in [0.15, 0.2) is 31.1 Å². The second-order valence-electron chi connectivity index (χ2n) is 3.41. The molecule has 0 aromatic carbocycles. The molecule has 0 aliphatic carbocycles. The van der Waals surface area contributed by atoms with Crippen LogP contribution in [0, 0.1) is 0 Å². The third-order valence-electron chi connectivity index (χ3n) is 1.71. The van der Waals surface area contributed by atoms with Gasteiger partial charge >= 0.3 is 0 Å². The maximum atomic E-state index is 11.1. The number of hydrogen-bond acceptors (Lipinski definition) is 3. The van der Waals surface area contributed by atoms with Gasteiger partial charge in [0, 0.05) is 12.2 Å². The van der Waals surface area contributed by atoms with Crippen molar-refractivity contribution in [1.29, 1.82) is 0 Å². The molecule has 15 heavy (non-hydrogen) atoms. The number of nitrogens with one attached hydrogen (secondary N) is 2. The first-order valence-corrected chi connectivity index (χ1v) is 4.77. The summed E-state index contributed by atoms with van der Waals surface area (Å²) in [6.07, 6.45) is 4.51. The molecule has 4 heteroatoms. The molecule has 0 aliphatic heterocycles. The van der Waals surface area contributed by atoms with Crippen LogP contribution in [0.1, 0.15) is 13.8 Å². The van der Waals surface area contributed by atoms with Crippen LogP contribution in [0.3, 0.4) is 0 Å². The van der Waals surface area contributed by atoms with Crippen molar-refractivity contribution in [3.63, 3.8) is 0 Å². The van der Waals surface area contributed by atoms with E-state index < -0.39 is 0 Å². The number of pyridine rings is 1. The van der Waals surface area contributed by atoms with Gasteiger partial charge in [-0.25, -0.2) is 0 Å². The molecule has 0 spiro atoms. The quantitative estimate of drug-likeness (QED) is 0.739. The highest BCUT2D eigenvalue weighted by Gasteiger charge is 2.04. The van der Waals surface area contributed by atoms with E-state index in [1.807, 2.05) is 19.9 Å². The SMILES string of the molecule is C=CC(=O)Nc1cnccc1NC(C)C. The number of hydrogen-bond donors (Lipinski definition) is 2. The van der Waals surface area contributed by atoms with E-state index in [1.54, 1.807) is 12.4 Å². The van der Waals surface area contributed by atoms with Crippen LogP contribution in [0.5, 0.6) is 0 Å². The fourth-order valence-electron chi connectivity index (χ4n) is 1.11. The topological polar surface area (TPSA) is 54.0 Å². The Morgan fingerprint density at radius 1 is 1.53 bits per heavy atom. The highest BCUT2D eigenvalue weighted by atomic mass is 16.1. The molecule has 1 rings (SSSR count). The first-order valence-electron chi connectivity index (χ1n) is 4.77. The Kier molecular flexibility index (Phi) is 3.85. The first-order chi connectivity index (χ1) is 7.13. The molecule has 0 fully saturated rings. The van der Waals surface area contributed by atoms with Crippen LogP contribution >= 0.6 is 0 Å². The zero-order valence-corrected chi connectivity index (χ0v) is 8.95. The van der Waals surface area contributed by atoms with Gasteiger partial charge in [0.1, 0.15) is 0 Å². The highest BCUT2D eigenvalue weighted by molar-refractivity contribution is 6.00. The van der Waals surface area contributed by atoms with Crippen LogP contribution in [0.25, 0.3) is 0 Å². The fourth-order valence-corrected chi connectivity index (χ4v) is 1.11. The third-order valence-corrected chi connectivity index (χ3v) is 1.71. The largest absolute Gasteiger partial charge is 0.381 e. The van der Waals surface area contributed by atoms with Crippen molar-refractivity contribution in [2.75, 3.05) is 10.6 Å². The molecule has 0 unspecified atom stereocenters.